The molecular weight excluding hydrogens is 342 g/mol. The number of nitrogens with zero attached hydrogens (tertiary/aromatic N) is 1. The topological polar surface area (TPSA) is 68.0 Å². The predicted octanol–water partition coefficient (Wildman–Crippen LogP) is 4.77. The van der Waals surface area contributed by atoms with Crippen LogP contribution in [-0.4, -0.2) is 17.4 Å². The maximum atomic E-state index is 12.6. The average molecular weight is 370 g/mol. The van der Waals surface area contributed by atoms with Gasteiger partial charge in [0.05, 0.1) is 5.69 Å². The molecule has 0 spiro atoms. The Kier molecular flexibility index (Phi) is 5.25. The number of amides is 1. The highest BCUT2D eigenvalue weighted by molar-refractivity contribution is 7.21. The number of carbonyl (C=O) groups excluding carboxylic acids is 1. The minimum atomic E-state index is -0.0582. The smallest absolute Gasteiger partial charge is 0.263 e. The number of nitrogen functional groups attached to an aromatic ring is 1. The van der Waals surface area contributed by atoms with Crippen LogP contribution in [0.15, 0.2) is 17.7 Å². The molecule has 2 aliphatic rings. The zero-order valence-electron chi connectivity index (χ0n) is 15.3. The molecule has 0 radical (unpaired) electrons. The number of hydrogen-bond acceptors (Lipinski definition) is 4. The van der Waals surface area contributed by atoms with Gasteiger partial charge in [-0.2, -0.15) is 0 Å². The number of carbonyl (C=O) groups is 1. The summed E-state index contributed by atoms with van der Waals surface area (Å²) < 4.78 is 0. The number of nitrogens with one attached hydrogen (secondary N) is 1. The molecule has 0 unspecified atom stereocenters. The first-order valence-corrected chi connectivity index (χ1v) is 10.7. The summed E-state index contributed by atoms with van der Waals surface area (Å²) in [6.45, 7) is 0.683. The first-order valence-electron chi connectivity index (χ1n) is 9.89. The normalized spacial score (nSPS) is 17.5. The minimum absolute atomic E-state index is 0.0582. The van der Waals surface area contributed by atoms with Crippen molar-refractivity contribution in [2.45, 2.75) is 64.2 Å². The van der Waals surface area contributed by atoms with E-state index in [-0.39, 0.29) is 5.91 Å². The summed E-state index contributed by atoms with van der Waals surface area (Å²) in [6, 6.07) is 2.18. The number of hydrogen-bond donors (Lipinski definition) is 2. The summed E-state index contributed by atoms with van der Waals surface area (Å²) >= 11 is 1.43. The molecule has 0 bridgehead atoms. The third kappa shape index (κ3) is 3.63. The van der Waals surface area contributed by atoms with Gasteiger partial charge in [-0.3, -0.25) is 4.79 Å². The van der Waals surface area contributed by atoms with Gasteiger partial charge in [0.2, 0.25) is 0 Å². The van der Waals surface area contributed by atoms with Crippen LogP contribution in [0.4, 0.5) is 5.69 Å². The Balaban J connectivity index is 1.49. The van der Waals surface area contributed by atoms with Crippen molar-refractivity contribution in [3.05, 3.63) is 33.9 Å². The van der Waals surface area contributed by atoms with Crippen molar-refractivity contribution in [2.24, 2.45) is 0 Å². The molecule has 0 aromatic carbocycles. The minimum Gasteiger partial charge on any atom is -0.397 e. The largest absolute Gasteiger partial charge is 0.397 e. The Morgan fingerprint density at radius 3 is 2.85 bits per heavy atom. The quantitative estimate of drug-likeness (QED) is 0.603. The van der Waals surface area contributed by atoms with E-state index in [0.717, 1.165) is 29.5 Å². The molecule has 2 aromatic rings. The zero-order valence-corrected chi connectivity index (χ0v) is 16.1. The molecule has 0 aliphatic heterocycles. The van der Waals surface area contributed by atoms with Crippen LogP contribution in [0.25, 0.3) is 10.2 Å². The molecule has 26 heavy (non-hydrogen) atoms. The molecule has 2 heterocycles. The number of anilines is 1. The zero-order chi connectivity index (χ0) is 17.9. The van der Waals surface area contributed by atoms with Crippen LogP contribution in [0.2, 0.25) is 0 Å². The number of fused-ring (bicyclic) bond motifs is 2. The van der Waals surface area contributed by atoms with E-state index >= 15 is 0 Å². The first-order chi connectivity index (χ1) is 12.7. The third-order valence-corrected chi connectivity index (χ3v) is 6.69. The van der Waals surface area contributed by atoms with Crippen molar-refractivity contribution >= 4 is 33.1 Å². The number of aryl methyl sites for hydroxylation is 2. The lowest BCUT2D eigenvalue weighted by Gasteiger charge is -2.12. The molecule has 2 aliphatic carbocycles. The van der Waals surface area contributed by atoms with Crippen molar-refractivity contribution in [3.63, 3.8) is 0 Å². The fraction of sp³-hybridized carbons (Fsp3) is 0.524. The molecule has 5 heteroatoms. The van der Waals surface area contributed by atoms with Crippen molar-refractivity contribution in [1.82, 2.24) is 10.3 Å². The molecule has 0 fully saturated rings. The average Bonchev–Trinajstić information content (AvgIpc) is 2.82. The number of nitrogens with two attached hydrogens (primary N) is 1. The summed E-state index contributed by atoms with van der Waals surface area (Å²) in [4.78, 5) is 19.0. The van der Waals surface area contributed by atoms with E-state index < -0.39 is 0 Å². The maximum Gasteiger partial charge on any atom is 0.263 e. The highest BCUT2D eigenvalue weighted by Gasteiger charge is 2.20. The fourth-order valence-electron chi connectivity index (χ4n) is 4.05. The van der Waals surface area contributed by atoms with E-state index in [1.807, 2.05) is 0 Å². The number of rotatable bonds is 4. The first kappa shape index (κ1) is 17.5. The van der Waals surface area contributed by atoms with Gasteiger partial charge in [-0.25, -0.2) is 4.98 Å². The van der Waals surface area contributed by atoms with Crippen LogP contribution in [0.1, 0.15) is 72.3 Å². The molecule has 4 nitrogen and oxygen atoms in total. The second-order valence-corrected chi connectivity index (χ2v) is 8.47. The van der Waals surface area contributed by atoms with Gasteiger partial charge in [0.1, 0.15) is 9.71 Å². The van der Waals surface area contributed by atoms with Crippen molar-refractivity contribution in [3.8, 4) is 0 Å². The Hall–Kier alpha value is -1.88. The Bertz CT molecular complexity index is 853. The van der Waals surface area contributed by atoms with E-state index in [0.29, 0.717) is 17.1 Å². The second-order valence-electron chi connectivity index (χ2n) is 7.47. The SMILES string of the molecule is Nc1c(C(=O)NCCC2=CCCCC2)sc2nc3c(cc12)CCCCC3. The number of allylic oxidation sites excluding steroid dienone is 1. The van der Waals surface area contributed by atoms with Crippen molar-refractivity contribution in [2.75, 3.05) is 12.3 Å². The van der Waals surface area contributed by atoms with E-state index in [9.17, 15) is 4.79 Å². The van der Waals surface area contributed by atoms with Crippen LogP contribution in [-0.2, 0) is 12.8 Å². The maximum absolute atomic E-state index is 12.6. The van der Waals surface area contributed by atoms with E-state index in [2.05, 4.69) is 17.5 Å². The predicted molar refractivity (Wildman–Crippen MR) is 109 cm³/mol. The molecule has 0 saturated carbocycles. The van der Waals surface area contributed by atoms with Crippen LogP contribution >= 0.6 is 11.3 Å². The molecular formula is C21H27N3OS. The highest BCUT2D eigenvalue weighted by atomic mass is 32.1. The van der Waals surface area contributed by atoms with Gasteiger partial charge < -0.3 is 11.1 Å². The molecule has 138 valence electrons. The fourth-order valence-corrected chi connectivity index (χ4v) is 5.07. The van der Waals surface area contributed by atoms with Gasteiger partial charge >= 0.3 is 0 Å². The van der Waals surface area contributed by atoms with Crippen LogP contribution < -0.4 is 11.1 Å². The summed E-state index contributed by atoms with van der Waals surface area (Å²) in [6.07, 6.45) is 14.0. The second kappa shape index (κ2) is 7.78. The number of aromatic nitrogens is 1. The molecule has 1 amide bonds. The summed E-state index contributed by atoms with van der Waals surface area (Å²) in [5.74, 6) is -0.0582. The van der Waals surface area contributed by atoms with Gasteiger partial charge in [0, 0.05) is 17.6 Å². The van der Waals surface area contributed by atoms with Crippen LogP contribution in [0, 0.1) is 0 Å². The van der Waals surface area contributed by atoms with Gasteiger partial charge in [-0.1, -0.05) is 18.1 Å². The molecule has 3 N–H and O–H groups in total. The highest BCUT2D eigenvalue weighted by Crippen LogP contribution is 2.35. The van der Waals surface area contributed by atoms with Gasteiger partial charge in [0.15, 0.2) is 0 Å². The van der Waals surface area contributed by atoms with Crippen molar-refractivity contribution < 1.29 is 4.79 Å². The lowest BCUT2D eigenvalue weighted by Crippen LogP contribution is -2.24. The molecule has 0 atom stereocenters. The molecule has 0 saturated heterocycles. The Morgan fingerprint density at radius 1 is 1.15 bits per heavy atom. The van der Waals surface area contributed by atoms with Gasteiger partial charge in [-0.05, 0) is 69.4 Å². The van der Waals surface area contributed by atoms with Crippen LogP contribution in [0.5, 0.6) is 0 Å². The summed E-state index contributed by atoms with van der Waals surface area (Å²) in [5, 5.41) is 4.00. The molecule has 2 aromatic heterocycles. The lowest BCUT2D eigenvalue weighted by molar-refractivity contribution is 0.0959. The lowest BCUT2D eigenvalue weighted by atomic mass is 9.97. The van der Waals surface area contributed by atoms with E-state index in [1.165, 1.54) is 73.1 Å². The summed E-state index contributed by atoms with van der Waals surface area (Å²) in [5.41, 5.74) is 10.9. The van der Waals surface area contributed by atoms with Crippen molar-refractivity contribution in [1.29, 1.82) is 0 Å². The Morgan fingerprint density at radius 2 is 2.00 bits per heavy atom. The number of thiophene rings is 1. The third-order valence-electron chi connectivity index (χ3n) is 5.57. The van der Waals surface area contributed by atoms with Crippen LogP contribution in [0.3, 0.4) is 0 Å². The Labute approximate surface area is 158 Å². The van der Waals surface area contributed by atoms with Gasteiger partial charge in [0.25, 0.3) is 5.91 Å². The number of pyridine rings is 1. The summed E-state index contributed by atoms with van der Waals surface area (Å²) in [7, 11) is 0. The van der Waals surface area contributed by atoms with E-state index in [4.69, 9.17) is 10.7 Å². The van der Waals surface area contributed by atoms with E-state index in [1.54, 1.807) is 0 Å². The molecule has 4 rings (SSSR count). The standard InChI is InChI=1S/C21H27N3OS/c22-18-16-13-15-9-5-2-6-10-17(15)24-21(16)26-19(18)20(25)23-12-11-14-7-3-1-4-8-14/h7,13H,1-6,8-12,22H2,(H,23,25). The monoisotopic (exact) mass is 369 g/mol. The van der Waals surface area contributed by atoms with Gasteiger partial charge in [-0.15, -0.1) is 11.3 Å².